The van der Waals surface area contributed by atoms with Gasteiger partial charge in [0, 0.05) is 26.1 Å². The molecule has 0 spiro atoms. The number of hydrogen-bond acceptors (Lipinski definition) is 4. The second-order valence-corrected chi connectivity index (χ2v) is 7.55. The number of nitrogens with zero attached hydrogens (tertiary/aromatic N) is 4. The number of nitrogens with one attached hydrogen (secondary N) is 1. The molecule has 0 atom stereocenters. The molecule has 0 aliphatic carbocycles. The molecule has 0 radical (unpaired) electrons. The number of carbonyl (C=O) groups is 1. The average molecular weight is 383 g/mol. The highest BCUT2D eigenvalue weighted by molar-refractivity contribution is 7.14. The van der Waals surface area contributed by atoms with Gasteiger partial charge < -0.3 is 4.90 Å². The Morgan fingerprint density at radius 3 is 2.56 bits per heavy atom. The summed E-state index contributed by atoms with van der Waals surface area (Å²) >= 11 is 1.51. The standard InChI is InChI=1S/C19H21N5O2S/c1-22-19(26)24(15-6-3-2-4-7-15)17(21-22)14-9-11-23(12-10-14)18(25)20-16-8-5-13-27-16/h2-8,13-14H,9-12H2,1H3,(H,20,25). The zero-order valence-corrected chi connectivity index (χ0v) is 15.9. The lowest BCUT2D eigenvalue weighted by atomic mass is 9.96. The molecule has 4 rings (SSSR count). The molecule has 1 aromatic carbocycles. The minimum absolute atomic E-state index is 0.0719. The van der Waals surface area contributed by atoms with Crippen molar-refractivity contribution in [3.05, 3.63) is 64.2 Å². The van der Waals surface area contributed by atoms with E-state index in [9.17, 15) is 9.59 Å². The van der Waals surface area contributed by atoms with E-state index in [1.807, 2.05) is 52.7 Å². The molecular formula is C19H21N5O2S. The predicted octanol–water partition coefficient (Wildman–Crippen LogP) is 3.04. The molecule has 1 aliphatic rings. The van der Waals surface area contributed by atoms with Gasteiger partial charge in [0.05, 0.1) is 10.7 Å². The third-order valence-electron chi connectivity index (χ3n) is 4.86. The molecule has 0 saturated carbocycles. The van der Waals surface area contributed by atoms with Crippen LogP contribution in [0.3, 0.4) is 0 Å². The van der Waals surface area contributed by atoms with Crippen LogP contribution in [-0.2, 0) is 7.05 Å². The molecule has 1 aliphatic heterocycles. The number of thiophene rings is 1. The summed E-state index contributed by atoms with van der Waals surface area (Å²) in [5.41, 5.74) is 0.678. The number of benzene rings is 1. The number of para-hydroxylation sites is 1. The Morgan fingerprint density at radius 1 is 1.15 bits per heavy atom. The van der Waals surface area contributed by atoms with E-state index in [0.29, 0.717) is 13.1 Å². The maximum absolute atomic E-state index is 12.6. The molecule has 1 saturated heterocycles. The summed E-state index contributed by atoms with van der Waals surface area (Å²) in [4.78, 5) is 26.8. The lowest BCUT2D eigenvalue weighted by Gasteiger charge is -2.31. The van der Waals surface area contributed by atoms with Gasteiger partial charge in [-0.1, -0.05) is 18.2 Å². The summed E-state index contributed by atoms with van der Waals surface area (Å²) in [6.45, 7) is 1.28. The van der Waals surface area contributed by atoms with E-state index in [1.165, 1.54) is 16.0 Å². The van der Waals surface area contributed by atoms with Gasteiger partial charge in [-0.15, -0.1) is 11.3 Å². The number of aryl methyl sites for hydroxylation is 1. The molecule has 3 aromatic rings. The first-order chi connectivity index (χ1) is 13.1. The van der Waals surface area contributed by atoms with Crippen molar-refractivity contribution in [2.45, 2.75) is 18.8 Å². The van der Waals surface area contributed by atoms with Gasteiger partial charge in [0.15, 0.2) is 0 Å². The fraction of sp³-hybridized carbons (Fsp3) is 0.316. The summed E-state index contributed by atoms with van der Waals surface area (Å²) in [7, 11) is 1.68. The minimum Gasteiger partial charge on any atom is -0.324 e. The Morgan fingerprint density at radius 2 is 1.89 bits per heavy atom. The van der Waals surface area contributed by atoms with Crippen LogP contribution in [0.15, 0.2) is 52.6 Å². The normalized spacial score (nSPS) is 15.1. The monoisotopic (exact) mass is 383 g/mol. The quantitative estimate of drug-likeness (QED) is 0.756. The topological polar surface area (TPSA) is 72.2 Å². The summed E-state index contributed by atoms with van der Waals surface area (Å²) in [6.07, 6.45) is 1.56. The maximum Gasteiger partial charge on any atom is 0.350 e. The van der Waals surface area contributed by atoms with Gasteiger partial charge in [-0.25, -0.2) is 18.8 Å². The minimum atomic E-state index is -0.144. The number of urea groups is 1. The van der Waals surface area contributed by atoms with Gasteiger partial charge in [0.2, 0.25) is 0 Å². The number of carbonyl (C=O) groups excluding carboxylic acids is 1. The number of piperidine rings is 1. The van der Waals surface area contributed by atoms with Gasteiger partial charge in [0.25, 0.3) is 0 Å². The van der Waals surface area contributed by atoms with Gasteiger partial charge in [-0.2, -0.15) is 5.10 Å². The van der Waals surface area contributed by atoms with Crippen molar-refractivity contribution in [1.29, 1.82) is 0 Å². The van der Waals surface area contributed by atoms with Crippen molar-refractivity contribution in [2.75, 3.05) is 18.4 Å². The van der Waals surface area contributed by atoms with Gasteiger partial charge in [0.1, 0.15) is 5.82 Å². The molecule has 27 heavy (non-hydrogen) atoms. The number of amides is 2. The molecule has 140 valence electrons. The van der Waals surface area contributed by atoms with E-state index in [0.717, 1.165) is 29.4 Å². The third-order valence-corrected chi connectivity index (χ3v) is 5.65. The second-order valence-electron chi connectivity index (χ2n) is 6.60. The van der Waals surface area contributed by atoms with Crippen molar-refractivity contribution >= 4 is 22.4 Å². The summed E-state index contributed by atoms with van der Waals surface area (Å²) < 4.78 is 3.07. The fourth-order valence-corrected chi connectivity index (χ4v) is 4.05. The van der Waals surface area contributed by atoms with Crippen LogP contribution in [0.25, 0.3) is 5.69 Å². The molecule has 0 bridgehead atoms. The Kier molecular flexibility index (Phi) is 4.81. The highest BCUT2D eigenvalue weighted by Gasteiger charge is 2.28. The molecule has 2 aromatic heterocycles. The van der Waals surface area contributed by atoms with Gasteiger partial charge in [-0.3, -0.25) is 5.32 Å². The van der Waals surface area contributed by atoms with Crippen LogP contribution in [0.5, 0.6) is 0 Å². The molecule has 7 nitrogen and oxygen atoms in total. The highest BCUT2D eigenvalue weighted by Crippen LogP contribution is 2.28. The summed E-state index contributed by atoms with van der Waals surface area (Å²) in [5.74, 6) is 0.914. The number of likely N-dealkylation sites (tertiary alicyclic amines) is 1. The van der Waals surface area contributed by atoms with Crippen LogP contribution in [-0.4, -0.2) is 38.4 Å². The molecule has 0 unspecified atom stereocenters. The lowest BCUT2D eigenvalue weighted by molar-refractivity contribution is 0.193. The first-order valence-corrected chi connectivity index (χ1v) is 9.82. The molecule has 8 heteroatoms. The smallest absolute Gasteiger partial charge is 0.324 e. The van der Waals surface area contributed by atoms with Gasteiger partial charge in [-0.05, 0) is 42.5 Å². The Balaban J connectivity index is 1.50. The van der Waals surface area contributed by atoms with Crippen LogP contribution in [0, 0.1) is 0 Å². The van der Waals surface area contributed by atoms with Crippen LogP contribution in [0.1, 0.15) is 24.6 Å². The van der Waals surface area contributed by atoms with E-state index in [1.54, 1.807) is 11.6 Å². The molecule has 1 N–H and O–H groups in total. The van der Waals surface area contributed by atoms with Crippen molar-refractivity contribution < 1.29 is 4.79 Å². The fourth-order valence-electron chi connectivity index (χ4n) is 3.44. The van der Waals surface area contributed by atoms with Gasteiger partial charge >= 0.3 is 11.7 Å². The van der Waals surface area contributed by atoms with Crippen molar-refractivity contribution in [1.82, 2.24) is 19.2 Å². The largest absolute Gasteiger partial charge is 0.350 e. The van der Waals surface area contributed by atoms with Crippen molar-refractivity contribution in [3.8, 4) is 5.69 Å². The molecule has 1 fully saturated rings. The number of aromatic nitrogens is 3. The number of rotatable bonds is 3. The summed E-state index contributed by atoms with van der Waals surface area (Å²) in [6, 6.07) is 13.3. The van der Waals surface area contributed by atoms with E-state index in [-0.39, 0.29) is 17.6 Å². The molecule has 3 heterocycles. The lowest BCUT2D eigenvalue weighted by Crippen LogP contribution is -2.40. The number of anilines is 1. The van der Waals surface area contributed by atoms with Crippen LogP contribution in [0.2, 0.25) is 0 Å². The predicted molar refractivity (Wildman–Crippen MR) is 106 cm³/mol. The van der Waals surface area contributed by atoms with Crippen LogP contribution in [0.4, 0.5) is 9.80 Å². The number of hydrogen-bond donors (Lipinski definition) is 1. The summed E-state index contributed by atoms with van der Waals surface area (Å²) in [5, 5.41) is 10.2. The maximum atomic E-state index is 12.6. The van der Waals surface area contributed by atoms with Crippen molar-refractivity contribution in [3.63, 3.8) is 0 Å². The van der Waals surface area contributed by atoms with E-state index in [4.69, 9.17) is 0 Å². The zero-order chi connectivity index (χ0) is 18.8. The Hall–Kier alpha value is -2.87. The van der Waals surface area contributed by atoms with Crippen LogP contribution >= 0.6 is 11.3 Å². The Bertz CT molecular complexity index is 969. The molecular weight excluding hydrogens is 362 g/mol. The Labute approximate surface area is 160 Å². The first kappa shape index (κ1) is 17.5. The van der Waals surface area contributed by atoms with Crippen LogP contribution < -0.4 is 11.0 Å². The van der Waals surface area contributed by atoms with Crippen molar-refractivity contribution in [2.24, 2.45) is 7.05 Å². The first-order valence-electron chi connectivity index (χ1n) is 8.94. The van der Waals surface area contributed by atoms with E-state index in [2.05, 4.69) is 10.4 Å². The average Bonchev–Trinajstić information content (AvgIpc) is 3.31. The zero-order valence-electron chi connectivity index (χ0n) is 15.0. The van der Waals surface area contributed by atoms with E-state index < -0.39 is 0 Å². The molecule has 2 amide bonds. The second kappa shape index (κ2) is 7.40. The van der Waals surface area contributed by atoms with E-state index >= 15 is 0 Å². The third kappa shape index (κ3) is 3.52. The SMILES string of the molecule is Cn1nc(C2CCN(C(=O)Nc3cccs3)CC2)n(-c2ccccc2)c1=O. The highest BCUT2D eigenvalue weighted by atomic mass is 32.1.